The Bertz CT molecular complexity index is 1640. The fourth-order valence-corrected chi connectivity index (χ4v) is 6.93. The quantitative estimate of drug-likeness (QED) is 0.195. The molecular weight excluding hydrogens is 523 g/mol. The van der Waals surface area contributed by atoms with Crippen LogP contribution < -0.4 is 0 Å². The van der Waals surface area contributed by atoms with Gasteiger partial charge < -0.3 is 0 Å². The van der Waals surface area contributed by atoms with Crippen molar-refractivity contribution in [3.63, 3.8) is 0 Å². The maximum absolute atomic E-state index is 3.50. The van der Waals surface area contributed by atoms with Crippen LogP contribution in [0.5, 0.6) is 0 Å². The van der Waals surface area contributed by atoms with Crippen LogP contribution in [0.1, 0.15) is 16.7 Å². The van der Waals surface area contributed by atoms with Crippen molar-refractivity contribution in [2.75, 3.05) is 0 Å². The van der Waals surface area contributed by atoms with Crippen LogP contribution in [0.15, 0.2) is 131 Å². The fraction of sp³-hybridized carbons (Fsp3) is 0.0303. The molecular formula is C33H21I. The summed E-state index contributed by atoms with van der Waals surface area (Å²) >= 11 is -0.181. The maximum Gasteiger partial charge on any atom is 0.0714 e. The molecule has 5 aromatic rings. The number of allylic oxidation sites excluding steroid dienone is 4. The molecule has 2 aliphatic rings. The Balaban J connectivity index is 1.70. The van der Waals surface area contributed by atoms with Crippen LogP contribution in [-0.4, -0.2) is 3.67 Å². The molecule has 0 atom stereocenters. The number of hydrogen-bond donors (Lipinski definition) is 0. The molecule has 0 radical (unpaired) electrons. The van der Waals surface area contributed by atoms with E-state index >= 15 is 0 Å². The summed E-state index contributed by atoms with van der Waals surface area (Å²) < 4.78 is 5.84. The summed E-state index contributed by atoms with van der Waals surface area (Å²) in [6.45, 7) is 0. The summed E-state index contributed by atoms with van der Waals surface area (Å²) in [5, 5.41) is 5.14. The Morgan fingerprint density at radius 3 is 1.71 bits per heavy atom. The fourth-order valence-electron chi connectivity index (χ4n) is 5.77. The first-order chi connectivity index (χ1) is 16.9. The third-order valence-corrected chi connectivity index (χ3v) is 8.64. The topological polar surface area (TPSA) is 0 Å². The lowest BCUT2D eigenvalue weighted by Gasteiger charge is -2.35. The largest absolute Gasteiger partial charge is 0.0825 e. The van der Waals surface area contributed by atoms with Gasteiger partial charge in [0.05, 0.1) is 5.41 Å². The SMILES string of the molecule is C1=CC=C(C2(c3ccccc3)c3cc4ccccc4cc3-c3cc4ccccc4cc32)C=CI=1. The molecule has 160 valence electrons. The van der Waals surface area contributed by atoms with Gasteiger partial charge >= 0.3 is 0 Å². The van der Waals surface area contributed by atoms with Crippen LogP contribution in [-0.2, 0) is 5.41 Å². The molecule has 1 heteroatoms. The third-order valence-electron chi connectivity index (χ3n) is 7.20. The molecule has 0 nitrogen and oxygen atoms in total. The second-order valence-electron chi connectivity index (χ2n) is 8.91. The van der Waals surface area contributed by atoms with Crippen molar-refractivity contribution >= 4 is 45.9 Å². The first-order valence-electron chi connectivity index (χ1n) is 11.6. The second-order valence-corrected chi connectivity index (χ2v) is 10.9. The normalized spacial score (nSPS) is 15.5. The summed E-state index contributed by atoms with van der Waals surface area (Å²) in [4.78, 5) is 0. The zero-order valence-electron chi connectivity index (χ0n) is 18.5. The van der Waals surface area contributed by atoms with E-state index in [1.165, 1.54) is 54.9 Å². The predicted octanol–water partition coefficient (Wildman–Crippen LogP) is 8.69. The molecule has 1 aliphatic carbocycles. The van der Waals surface area contributed by atoms with E-state index in [4.69, 9.17) is 0 Å². The van der Waals surface area contributed by atoms with Gasteiger partial charge in [0.1, 0.15) is 0 Å². The van der Waals surface area contributed by atoms with Crippen LogP contribution in [0.2, 0.25) is 0 Å². The highest BCUT2D eigenvalue weighted by molar-refractivity contribution is 14.2. The molecule has 34 heavy (non-hydrogen) atoms. The molecule has 0 fully saturated rings. The van der Waals surface area contributed by atoms with Gasteiger partial charge in [-0.15, -0.1) is 0 Å². The van der Waals surface area contributed by atoms with Crippen LogP contribution in [0.3, 0.4) is 0 Å². The highest BCUT2D eigenvalue weighted by Gasteiger charge is 2.47. The Kier molecular flexibility index (Phi) is 4.55. The van der Waals surface area contributed by atoms with E-state index < -0.39 is 0 Å². The molecule has 0 saturated heterocycles. The highest BCUT2D eigenvalue weighted by atomic mass is 127. The Morgan fingerprint density at radius 1 is 0.588 bits per heavy atom. The lowest BCUT2D eigenvalue weighted by molar-refractivity contribution is 0.770. The number of benzene rings is 5. The van der Waals surface area contributed by atoms with Gasteiger partial charge in [-0.2, -0.15) is 0 Å². The first kappa shape index (κ1) is 19.9. The van der Waals surface area contributed by atoms with Crippen molar-refractivity contribution in [1.82, 2.24) is 0 Å². The molecule has 1 aliphatic heterocycles. The number of hydrogen-bond acceptors (Lipinski definition) is 0. The van der Waals surface area contributed by atoms with E-state index in [0.717, 1.165) is 0 Å². The monoisotopic (exact) mass is 544 g/mol. The van der Waals surface area contributed by atoms with E-state index in [2.05, 4.69) is 129 Å². The van der Waals surface area contributed by atoms with Gasteiger partial charge in [0, 0.05) is 0 Å². The summed E-state index contributed by atoms with van der Waals surface area (Å²) in [5.41, 5.74) is 7.66. The van der Waals surface area contributed by atoms with Crippen molar-refractivity contribution in [2.45, 2.75) is 5.41 Å². The Labute approximate surface area is 209 Å². The van der Waals surface area contributed by atoms with Gasteiger partial charge in [-0.3, -0.25) is 0 Å². The minimum absolute atomic E-state index is 0.181. The molecule has 0 spiro atoms. The third kappa shape index (κ3) is 2.81. The van der Waals surface area contributed by atoms with Gasteiger partial charge in [0.15, 0.2) is 0 Å². The zero-order chi connectivity index (χ0) is 22.5. The second kappa shape index (κ2) is 7.77. The first-order valence-corrected chi connectivity index (χ1v) is 13.9. The predicted molar refractivity (Wildman–Crippen MR) is 154 cm³/mol. The van der Waals surface area contributed by atoms with Crippen molar-refractivity contribution in [2.24, 2.45) is 0 Å². The molecule has 0 saturated carbocycles. The molecule has 0 aromatic heterocycles. The van der Waals surface area contributed by atoms with E-state index in [0.29, 0.717) is 0 Å². The van der Waals surface area contributed by atoms with Crippen LogP contribution in [0.25, 0.3) is 32.7 Å². The van der Waals surface area contributed by atoms with Crippen molar-refractivity contribution < 1.29 is 0 Å². The van der Waals surface area contributed by atoms with Gasteiger partial charge in [-0.25, -0.2) is 0 Å². The van der Waals surface area contributed by atoms with Crippen molar-refractivity contribution in [1.29, 1.82) is 0 Å². The summed E-state index contributed by atoms with van der Waals surface area (Å²) in [6, 6.07) is 38.2. The number of rotatable bonds is 2. The smallest absolute Gasteiger partial charge is 0.0714 e. The van der Waals surface area contributed by atoms with E-state index in [1.54, 1.807) is 0 Å². The Hall–Kier alpha value is -3.52. The molecule has 0 N–H and O–H groups in total. The molecule has 0 unspecified atom stereocenters. The minimum atomic E-state index is -0.372. The molecule has 7 rings (SSSR count). The van der Waals surface area contributed by atoms with E-state index in [-0.39, 0.29) is 26.1 Å². The summed E-state index contributed by atoms with van der Waals surface area (Å²) in [5.74, 6) is 0. The van der Waals surface area contributed by atoms with E-state index in [1.807, 2.05) is 0 Å². The van der Waals surface area contributed by atoms with Gasteiger partial charge in [0.2, 0.25) is 0 Å². The zero-order valence-corrected chi connectivity index (χ0v) is 20.7. The molecule has 0 amide bonds. The van der Waals surface area contributed by atoms with Crippen LogP contribution in [0, 0.1) is 0 Å². The standard InChI is InChI=1S/C33H21I/c1-2-13-27(14-3-1)33(28-15-8-17-34-18-16-28)31-21-25-11-6-4-9-23(25)19-29(31)30-20-24-10-5-7-12-26(24)22-32(30)33/h1-16,18-22H. The number of fused-ring (bicyclic) bond motifs is 5. The van der Waals surface area contributed by atoms with Crippen LogP contribution in [0.4, 0.5) is 0 Å². The lowest BCUT2D eigenvalue weighted by atomic mass is 9.66. The van der Waals surface area contributed by atoms with Crippen LogP contribution >= 0.6 is 20.7 Å². The molecule has 5 aromatic carbocycles. The van der Waals surface area contributed by atoms with Gasteiger partial charge in [-0.05, 0) is 116 Å². The van der Waals surface area contributed by atoms with E-state index in [9.17, 15) is 0 Å². The lowest BCUT2D eigenvalue weighted by Crippen LogP contribution is -2.29. The maximum atomic E-state index is 3.50. The molecule has 0 bridgehead atoms. The minimum Gasteiger partial charge on any atom is -0.0825 e. The number of halogens is 1. The average Bonchev–Trinajstić information content (AvgIpc) is 3.04. The summed E-state index contributed by atoms with van der Waals surface area (Å²) in [6.07, 6.45) is 6.80. The summed E-state index contributed by atoms with van der Waals surface area (Å²) in [7, 11) is 0. The highest BCUT2D eigenvalue weighted by Crippen LogP contribution is 2.58. The van der Waals surface area contributed by atoms with Crippen molar-refractivity contribution in [3.8, 4) is 11.1 Å². The van der Waals surface area contributed by atoms with Gasteiger partial charge in [0.25, 0.3) is 0 Å². The van der Waals surface area contributed by atoms with Crippen molar-refractivity contribution in [3.05, 3.63) is 148 Å². The Morgan fingerprint density at radius 2 is 1.12 bits per heavy atom. The van der Waals surface area contributed by atoms with Gasteiger partial charge in [-0.1, -0.05) is 88.6 Å². The molecule has 1 heterocycles. The average molecular weight is 544 g/mol.